The Hall–Kier alpha value is -2.88. The van der Waals surface area contributed by atoms with Crippen LogP contribution in [0.2, 0.25) is 0 Å². The monoisotopic (exact) mass is 292 g/mol. The van der Waals surface area contributed by atoms with Gasteiger partial charge in [0, 0.05) is 5.39 Å². The highest BCUT2D eigenvalue weighted by molar-refractivity contribution is 5.91. The van der Waals surface area contributed by atoms with Crippen LogP contribution in [-0.2, 0) is 6.42 Å². The Balaban J connectivity index is 1.84. The number of ether oxygens (including phenoxy) is 1. The van der Waals surface area contributed by atoms with E-state index >= 15 is 0 Å². The van der Waals surface area contributed by atoms with Crippen molar-refractivity contribution in [2.75, 3.05) is 5.32 Å². The van der Waals surface area contributed by atoms with Gasteiger partial charge in [0.15, 0.2) is 0 Å². The molecule has 1 aromatic heterocycles. The second kappa shape index (κ2) is 6.26. The molecule has 110 valence electrons. The molecule has 3 aromatic rings. The fourth-order valence-corrected chi connectivity index (χ4v) is 2.26. The highest BCUT2D eigenvalue weighted by atomic mass is 16.6. The van der Waals surface area contributed by atoms with Gasteiger partial charge in [-0.3, -0.25) is 10.3 Å². The lowest BCUT2D eigenvalue weighted by atomic mass is 10.1. The van der Waals surface area contributed by atoms with Crippen molar-refractivity contribution in [3.8, 4) is 5.75 Å². The first-order chi connectivity index (χ1) is 10.8. The van der Waals surface area contributed by atoms with Gasteiger partial charge in [-0.25, -0.2) is 4.79 Å². The van der Waals surface area contributed by atoms with E-state index in [4.69, 9.17) is 4.74 Å². The number of para-hydroxylation sites is 2. The number of nitrogens with one attached hydrogen (secondary N) is 1. The molecule has 0 aliphatic rings. The molecule has 0 saturated heterocycles. The van der Waals surface area contributed by atoms with E-state index in [2.05, 4.69) is 10.3 Å². The van der Waals surface area contributed by atoms with Gasteiger partial charge < -0.3 is 4.74 Å². The number of aryl methyl sites for hydroxylation is 1. The minimum Gasteiger partial charge on any atom is -0.410 e. The van der Waals surface area contributed by atoms with Crippen LogP contribution in [0.15, 0.2) is 60.7 Å². The van der Waals surface area contributed by atoms with Gasteiger partial charge in [0.1, 0.15) is 5.75 Å². The Morgan fingerprint density at radius 3 is 2.59 bits per heavy atom. The zero-order valence-corrected chi connectivity index (χ0v) is 12.2. The SMILES string of the molecule is CCc1nc2ccccc2cc1NC(=O)Oc1ccccc1. The molecular weight excluding hydrogens is 276 g/mol. The van der Waals surface area contributed by atoms with Gasteiger partial charge in [-0.05, 0) is 30.7 Å². The molecule has 0 aliphatic carbocycles. The number of pyridine rings is 1. The molecule has 4 heteroatoms. The van der Waals surface area contributed by atoms with E-state index in [0.717, 1.165) is 23.0 Å². The maximum Gasteiger partial charge on any atom is 0.417 e. The summed E-state index contributed by atoms with van der Waals surface area (Å²) in [5, 5.41) is 3.76. The normalized spacial score (nSPS) is 10.4. The molecule has 22 heavy (non-hydrogen) atoms. The van der Waals surface area contributed by atoms with Gasteiger partial charge in [-0.15, -0.1) is 0 Å². The highest BCUT2D eigenvalue weighted by Gasteiger charge is 2.10. The van der Waals surface area contributed by atoms with Crippen molar-refractivity contribution in [3.05, 3.63) is 66.4 Å². The first kappa shape index (κ1) is 14.1. The fourth-order valence-electron chi connectivity index (χ4n) is 2.26. The molecule has 0 fully saturated rings. The standard InChI is InChI=1S/C18H16N2O2/c1-2-15-17(12-13-8-6-7-11-16(13)19-15)20-18(21)22-14-9-4-3-5-10-14/h3-12H,2H2,1H3,(H,20,21). The van der Waals surface area contributed by atoms with E-state index in [-0.39, 0.29) is 0 Å². The maximum atomic E-state index is 12.0. The summed E-state index contributed by atoms with van der Waals surface area (Å²) in [6.45, 7) is 2.00. The molecule has 1 N–H and O–H groups in total. The summed E-state index contributed by atoms with van der Waals surface area (Å²) in [6.07, 6.45) is 0.212. The Morgan fingerprint density at radius 2 is 1.82 bits per heavy atom. The molecule has 0 bridgehead atoms. The second-order valence-electron chi connectivity index (χ2n) is 4.86. The number of anilines is 1. The molecule has 0 aliphatic heterocycles. The predicted octanol–water partition coefficient (Wildman–Crippen LogP) is 4.41. The quantitative estimate of drug-likeness (QED) is 0.778. The third-order valence-electron chi connectivity index (χ3n) is 3.33. The number of nitrogens with zero attached hydrogens (tertiary/aromatic N) is 1. The Labute approximate surface area is 128 Å². The summed E-state index contributed by atoms with van der Waals surface area (Å²) in [4.78, 5) is 16.6. The highest BCUT2D eigenvalue weighted by Crippen LogP contribution is 2.22. The second-order valence-corrected chi connectivity index (χ2v) is 4.86. The number of hydrogen-bond acceptors (Lipinski definition) is 3. The van der Waals surface area contributed by atoms with Crippen LogP contribution in [0.5, 0.6) is 5.75 Å². The molecule has 0 unspecified atom stereocenters. The van der Waals surface area contributed by atoms with Crippen molar-refractivity contribution in [1.29, 1.82) is 0 Å². The summed E-state index contributed by atoms with van der Waals surface area (Å²) >= 11 is 0. The molecule has 0 saturated carbocycles. The van der Waals surface area contributed by atoms with Crippen molar-refractivity contribution in [2.45, 2.75) is 13.3 Å². The topological polar surface area (TPSA) is 51.2 Å². The first-order valence-electron chi connectivity index (χ1n) is 7.19. The largest absolute Gasteiger partial charge is 0.417 e. The van der Waals surface area contributed by atoms with Crippen molar-refractivity contribution in [1.82, 2.24) is 4.98 Å². The lowest BCUT2D eigenvalue weighted by Gasteiger charge is -2.11. The van der Waals surface area contributed by atoms with Gasteiger partial charge in [0.25, 0.3) is 0 Å². The summed E-state index contributed by atoms with van der Waals surface area (Å²) in [7, 11) is 0. The van der Waals surface area contributed by atoms with Gasteiger partial charge in [-0.2, -0.15) is 0 Å². The summed E-state index contributed by atoms with van der Waals surface area (Å²) < 4.78 is 5.25. The van der Waals surface area contributed by atoms with Crippen LogP contribution in [0.3, 0.4) is 0 Å². The lowest BCUT2D eigenvalue weighted by Crippen LogP contribution is -2.18. The van der Waals surface area contributed by atoms with Gasteiger partial charge in [-0.1, -0.05) is 43.3 Å². The van der Waals surface area contributed by atoms with Gasteiger partial charge >= 0.3 is 6.09 Å². The van der Waals surface area contributed by atoms with Crippen LogP contribution in [0.1, 0.15) is 12.6 Å². The Bertz CT molecular complexity index is 801. The van der Waals surface area contributed by atoms with Crippen molar-refractivity contribution in [3.63, 3.8) is 0 Å². The van der Waals surface area contributed by atoms with Crippen LogP contribution in [0.4, 0.5) is 10.5 Å². The molecule has 2 aromatic carbocycles. The van der Waals surface area contributed by atoms with Crippen LogP contribution in [0, 0.1) is 0 Å². The minimum absolute atomic E-state index is 0.506. The number of aromatic nitrogens is 1. The molecular formula is C18H16N2O2. The van der Waals surface area contributed by atoms with E-state index in [1.165, 1.54) is 0 Å². The molecule has 3 rings (SSSR count). The fraction of sp³-hybridized carbons (Fsp3) is 0.111. The van der Waals surface area contributed by atoms with Gasteiger partial charge in [0.05, 0.1) is 16.9 Å². The summed E-state index contributed by atoms with van der Waals surface area (Å²) in [5.74, 6) is 0.506. The van der Waals surface area contributed by atoms with Crippen LogP contribution in [0.25, 0.3) is 10.9 Å². The average Bonchev–Trinajstić information content (AvgIpc) is 2.55. The number of carbonyl (C=O) groups excluding carboxylic acids is 1. The van der Waals surface area contributed by atoms with Crippen LogP contribution < -0.4 is 10.1 Å². The van der Waals surface area contributed by atoms with E-state index in [1.54, 1.807) is 12.1 Å². The molecule has 0 spiro atoms. The van der Waals surface area contributed by atoms with Crippen molar-refractivity contribution >= 4 is 22.7 Å². The summed E-state index contributed by atoms with van der Waals surface area (Å²) in [5.41, 5.74) is 2.44. The zero-order chi connectivity index (χ0) is 15.4. The third kappa shape index (κ3) is 3.06. The third-order valence-corrected chi connectivity index (χ3v) is 3.33. The van der Waals surface area contributed by atoms with Crippen molar-refractivity contribution < 1.29 is 9.53 Å². The molecule has 1 amide bonds. The smallest absolute Gasteiger partial charge is 0.410 e. The van der Waals surface area contributed by atoms with Gasteiger partial charge in [0.2, 0.25) is 0 Å². The minimum atomic E-state index is -0.516. The van der Waals surface area contributed by atoms with E-state index in [0.29, 0.717) is 11.4 Å². The molecule has 1 heterocycles. The average molecular weight is 292 g/mol. The number of amides is 1. The lowest BCUT2D eigenvalue weighted by molar-refractivity contribution is 0.215. The molecule has 4 nitrogen and oxygen atoms in total. The molecule has 0 radical (unpaired) electrons. The Kier molecular flexibility index (Phi) is 4.01. The number of benzene rings is 2. The van der Waals surface area contributed by atoms with Crippen LogP contribution >= 0.6 is 0 Å². The van der Waals surface area contributed by atoms with E-state index in [9.17, 15) is 4.79 Å². The van der Waals surface area contributed by atoms with Crippen molar-refractivity contribution in [2.24, 2.45) is 0 Å². The number of carbonyl (C=O) groups is 1. The van der Waals surface area contributed by atoms with Crippen LogP contribution in [-0.4, -0.2) is 11.1 Å². The zero-order valence-electron chi connectivity index (χ0n) is 12.2. The van der Waals surface area contributed by atoms with E-state index in [1.807, 2.05) is 55.5 Å². The number of hydrogen-bond donors (Lipinski definition) is 1. The maximum absolute atomic E-state index is 12.0. The molecule has 0 atom stereocenters. The predicted molar refractivity (Wildman–Crippen MR) is 87.2 cm³/mol. The number of rotatable bonds is 3. The summed E-state index contributed by atoms with van der Waals surface area (Å²) in [6, 6.07) is 18.7. The van der Waals surface area contributed by atoms with E-state index < -0.39 is 6.09 Å². The number of fused-ring (bicyclic) bond motifs is 1. The Morgan fingerprint density at radius 1 is 1.09 bits per heavy atom. The first-order valence-corrected chi connectivity index (χ1v) is 7.19.